The molecule has 1 atom stereocenters. The quantitative estimate of drug-likeness (QED) is 0.813. The highest BCUT2D eigenvalue weighted by Crippen LogP contribution is 2.40. The van der Waals surface area contributed by atoms with E-state index in [1.807, 2.05) is 31.2 Å². The lowest BCUT2D eigenvalue weighted by Gasteiger charge is -2.31. The number of phenolic OH excluding ortho intramolecular Hbond substituents is 1. The summed E-state index contributed by atoms with van der Waals surface area (Å²) < 4.78 is 5.96. The van der Waals surface area contributed by atoms with Gasteiger partial charge in [0.2, 0.25) is 5.78 Å². The van der Waals surface area contributed by atoms with Crippen LogP contribution in [0.2, 0.25) is 0 Å². The van der Waals surface area contributed by atoms with Gasteiger partial charge in [-0.1, -0.05) is 36.8 Å². The van der Waals surface area contributed by atoms with Crippen LogP contribution in [0, 0.1) is 12.8 Å². The van der Waals surface area contributed by atoms with E-state index in [4.69, 9.17) is 4.74 Å². The molecule has 0 amide bonds. The minimum absolute atomic E-state index is 0.126. The fourth-order valence-corrected chi connectivity index (χ4v) is 3.92. The minimum atomic E-state index is -0.126. The number of piperidine rings is 1. The molecule has 27 heavy (non-hydrogen) atoms. The number of aromatic hydroxyl groups is 1. The minimum Gasteiger partial charge on any atom is -0.507 e. The van der Waals surface area contributed by atoms with Crippen LogP contribution in [-0.4, -0.2) is 28.9 Å². The van der Waals surface area contributed by atoms with Crippen LogP contribution in [0.4, 0.5) is 0 Å². The number of carbonyl (C=O) groups excluding carboxylic acids is 1. The zero-order chi connectivity index (χ0) is 19.0. The highest BCUT2D eigenvalue weighted by Gasteiger charge is 2.32. The number of ketones is 1. The van der Waals surface area contributed by atoms with E-state index in [0.29, 0.717) is 35.1 Å². The molecular formula is C23H25NO3. The number of hydrogen-bond donors (Lipinski definition) is 1. The van der Waals surface area contributed by atoms with Gasteiger partial charge < -0.3 is 9.84 Å². The molecule has 2 aliphatic rings. The molecule has 2 heterocycles. The van der Waals surface area contributed by atoms with E-state index in [-0.39, 0.29) is 11.5 Å². The van der Waals surface area contributed by atoms with E-state index in [0.717, 1.165) is 25.1 Å². The lowest BCUT2D eigenvalue weighted by Crippen LogP contribution is -2.33. The van der Waals surface area contributed by atoms with Crippen molar-refractivity contribution in [2.45, 2.75) is 33.2 Å². The Morgan fingerprint density at radius 3 is 2.74 bits per heavy atom. The third-order valence-electron chi connectivity index (χ3n) is 5.41. The van der Waals surface area contributed by atoms with Gasteiger partial charge in [0.1, 0.15) is 11.5 Å². The Kier molecular flexibility index (Phi) is 4.75. The standard InChI is InChI=1S/C23H25NO3/c1-15-5-7-17(8-6-15)12-21-22(26)18-9-10-20(25)19(23(18)27-21)14-24-11-3-4-16(2)13-24/h5-10,12,16,25H,3-4,11,13-14H2,1-2H3/b21-12+. The van der Waals surface area contributed by atoms with Crippen LogP contribution in [0.3, 0.4) is 0 Å². The average Bonchev–Trinajstić information content (AvgIpc) is 2.96. The van der Waals surface area contributed by atoms with Gasteiger partial charge >= 0.3 is 0 Å². The summed E-state index contributed by atoms with van der Waals surface area (Å²) in [5.41, 5.74) is 3.34. The maximum Gasteiger partial charge on any atom is 0.231 e. The van der Waals surface area contributed by atoms with Crippen LogP contribution >= 0.6 is 0 Å². The molecule has 4 heteroatoms. The monoisotopic (exact) mass is 363 g/mol. The first-order chi connectivity index (χ1) is 13.0. The van der Waals surface area contributed by atoms with E-state index in [9.17, 15) is 9.90 Å². The number of ether oxygens (including phenoxy) is 1. The number of aryl methyl sites for hydroxylation is 1. The molecule has 0 spiro atoms. The number of fused-ring (bicyclic) bond motifs is 1. The van der Waals surface area contributed by atoms with E-state index in [1.165, 1.54) is 12.0 Å². The second kappa shape index (κ2) is 7.20. The summed E-state index contributed by atoms with van der Waals surface area (Å²) >= 11 is 0. The number of benzene rings is 2. The van der Waals surface area contributed by atoms with Crippen LogP contribution in [-0.2, 0) is 6.54 Å². The molecule has 1 fully saturated rings. The number of nitrogens with zero attached hydrogens (tertiary/aromatic N) is 1. The summed E-state index contributed by atoms with van der Waals surface area (Å²) in [5.74, 6) is 1.54. The lowest BCUT2D eigenvalue weighted by atomic mass is 9.99. The molecule has 1 N–H and O–H groups in total. The molecule has 1 saturated heterocycles. The Morgan fingerprint density at radius 2 is 2.00 bits per heavy atom. The molecule has 4 nitrogen and oxygen atoms in total. The first-order valence-electron chi connectivity index (χ1n) is 9.59. The Bertz CT molecular complexity index is 899. The van der Waals surface area contributed by atoms with Crippen molar-refractivity contribution in [1.82, 2.24) is 4.90 Å². The van der Waals surface area contributed by atoms with Crippen LogP contribution in [0.15, 0.2) is 42.2 Å². The predicted octanol–water partition coefficient (Wildman–Crippen LogP) is 4.55. The number of Topliss-reactive ketones (excluding diaryl/α,β-unsaturated/α-hetero) is 1. The zero-order valence-electron chi connectivity index (χ0n) is 15.9. The van der Waals surface area contributed by atoms with Crippen molar-refractivity contribution >= 4 is 11.9 Å². The Hall–Kier alpha value is -2.59. The average molecular weight is 363 g/mol. The fraction of sp³-hybridized carbons (Fsp3) is 0.348. The molecule has 0 aromatic heterocycles. The third kappa shape index (κ3) is 3.62. The third-order valence-corrected chi connectivity index (χ3v) is 5.41. The van der Waals surface area contributed by atoms with Crippen LogP contribution in [0.5, 0.6) is 11.5 Å². The summed E-state index contributed by atoms with van der Waals surface area (Å²) in [4.78, 5) is 15.1. The van der Waals surface area contributed by atoms with Gasteiger partial charge in [0.25, 0.3) is 0 Å². The van der Waals surface area contributed by atoms with Crippen LogP contribution < -0.4 is 4.74 Å². The van der Waals surface area contributed by atoms with Gasteiger partial charge in [0, 0.05) is 13.1 Å². The zero-order valence-corrected chi connectivity index (χ0v) is 15.9. The second-order valence-corrected chi connectivity index (χ2v) is 7.77. The summed E-state index contributed by atoms with van der Waals surface area (Å²) in [5, 5.41) is 10.4. The molecular weight excluding hydrogens is 338 g/mol. The Balaban J connectivity index is 1.63. The molecule has 0 bridgehead atoms. The molecule has 0 saturated carbocycles. The van der Waals surface area contributed by atoms with E-state index >= 15 is 0 Å². The molecule has 2 aromatic rings. The van der Waals surface area contributed by atoms with Crippen molar-refractivity contribution in [3.8, 4) is 11.5 Å². The molecule has 2 aliphatic heterocycles. The highest BCUT2D eigenvalue weighted by molar-refractivity contribution is 6.15. The van der Waals surface area contributed by atoms with Crippen molar-refractivity contribution in [3.05, 3.63) is 64.4 Å². The van der Waals surface area contributed by atoms with Crippen molar-refractivity contribution in [2.24, 2.45) is 5.92 Å². The summed E-state index contributed by atoms with van der Waals surface area (Å²) in [6.45, 7) is 6.89. The largest absolute Gasteiger partial charge is 0.507 e. The lowest BCUT2D eigenvalue weighted by molar-refractivity contribution is 0.101. The van der Waals surface area contributed by atoms with Crippen molar-refractivity contribution < 1.29 is 14.6 Å². The molecule has 4 rings (SSSR count). The summed E-state index contributed by atoms with van der Waals surface area (Å²) in [7, 11) is 0. The second-order valence-electron chi connectivity index (χ2n) is 7.77. The maximum absolute atomic E-state index is 12.8. The molecule has 140 valence electrons. The van der Waals surface area contributed by atoms with Crippen LogP contribution in [0.25, 0.3) is 6.08 Å². The van der Waals surface area contributed by atoms with E-state index < -0.39 is 0 Å². The van der Waals surface area contributed by atoms with Gasteiger partial charge in [-0.05, 0) is 56.0 Å². The van der Waals surface area contributed by atoms with Gasteiger partial charge in [-0.15, -0.1) is 0 Å². The van der Waals surface area contributed by atoms with Crippen molar-refractivity contribution in [2.75, 3.05) is 13.1 Å². The topological polar surface area (TPSA) is 49.8 Å². The fourth-order valence-electron chi connectivity index (χ4n) is 3.92. The maximum atomic E-state index is 12.8. The number of carbonyl (C=O) groups is 1. The number of phenols is 1. The first kappa shape index (κ1) is 17.8. The highest BCUT2D eigenvalue weighted by atomic mass is 16.5. The Labute approximate surface area is 160 Å². The van der Waals surface area contributed by atoms with E-state index in [1.54, 1.807) is 18.2 Å². The van der Waals surface area contributed by atoms with Gasteiger partial charge in [0.05, 0.1) is 11.1 Å². The van der Waals surface area contributed by atoms with Gasteiger partial charge in [-0.2, -0.15) is 0 Å². The smallest absolute Gasteiger partial charge is 0.231 e. The predicted molar refractivity (Wildman–Crippen MR) is 106 cm³/mol. The van der Waals surface area contributed by atoms with Gasteiger partial charge in [-0.25, -0.2) is 0 Å². The van der Waals surface area contributed by atoms with Gasteiger partial charge in [-0.3, -0.25) is 9.69 Å². The number of allylic oxidation sites excluding steroid dienone is 1. The molecule has 2 aromatic carbocycles. The normalized spacial score (nSPS) is 21.3. The van der Waals surface area contributed by atoms with Gasteiger partial charge in [0.15, 0.2) is 5.76 Å². The first-order valence-corrected chi connectivity index (χ1v) is 9.59. The number of likely N-dealkylation sites (tertiary alicyclic amines) is 1. The molecule has 1 unspecified atom stereocenters. The molecule has 0 radical (unpaired) electrons. The van der Waals surface area contributed by atoms with Crippen LogP contribution in [0.1, 0.15) is 46.8 Å². The number of rotatable bonds is 3. The van der Waals surface area contributed by atoms with Crippen molar-refractivity contribution in [3.63, 3.8) is 0 Å². The number of hydrogen-bond acceptors (Lipinski definition) is 4. The Morgan fingerprint density at radius 1 is 1.22 bits per heavy atom. The van der Waals surface area contributed by atoms with E-state index in [2.05, 4.69) is 11.8 Å². The summed E-state index contributed by atoms with van der Waals surface area (Å²) in [6, 6.07) is 11.2. The molecule has 0 aliphatic carbocycles. The SMILES string of the molecule is Cc1ccc(/C=C2/Oc3c(ccc(O)c3CN3CCCC(C)C3)C2=O)cc1. The van der Waals surface area contributed by atoms with Crippen molar-refractivity contribution in [1.29, 1.82) is 0 Å². The summed E-state index contributed by atoms with van der Waals surface area (Å²) in [6.07, 6.45) is 4.18.